The van der Waals surface area contributed by atoms with Crippen molar-refractivity contribution in [2.45, 2.75) is 25.7 Å². The molecule has 5 heteroatoms. The first-order chi connectivity index (χ1) is 7.00. The summed E-state index contributed by atoms with van der Waals surface area (Å²) >= 11 is 0. The number of hydrogen-bond acceptors (Lipinski definition) is 3. The molecule has 1 heterocycles. The van der Waals surface area contributed by atoms with E-state index in [1.165, 1.54) is 6.26 Å². The molecule has 0 amide bonds. The van der Waals surface area contributed by atoms with Crippen LogP contribution in [0, 0.1) is 6.92 Å². The summed E-state index contributed by atoms with van der Waals surface area (Å²) in [6.45, 7) is 1.76. The van der Waals surface area contributed by atoms with Gasteiger partial charge in [0.15, 0.2) is 0 Å². The number of carboxylic acids is 2. The highest BCUT2D eigenvalue weighted by atomic mass is 16.4. The zero-order chi connectivity index (χ0) is 11.4. The van der Waals surface area contributed by atoms with Gasteiger partial charge in [-0.05, 0) is 18.6 Å². The van der Waals surface area contributed by atoms with Gasteiger partial charge in [-0.3, -0.25) is 9.59 Å². The Morgan fingerprint density at radius 2 is 1.87 bits per heavy atom. The molecule has 0 unspecified atom stereocenters. The largest absolute Gasteiger partial charge is 0.481 e. The minimum Gasteiger partial charge on any atom is -0.481 e. The third-order valence-corrected chi connectivity index (χ3v) is 2.11. The van der Waals surface area contributed by atoms with Crippen molar-refractivity contribution in [1.82, 2.24) is 0 Å². The molecule has 1 rings (SSSR count). The van der Waals surface area contributed by atoms with Crippen LogP contribution in [0.1, 0.15) is 30.1 Å². The minimum absolute atomic E-state index is 0.235. The topological polar surface area (TPSA) is 87.7 Å². The van der Waals surface area contributed by atoms with E-state index >= 15 is 0 Å². The fraction of sp³-hybridized carbons (Fsp3) is 0.400. The van der Waals surface area contributed by atoms with Crippen molar-refractivity contribution in [3.05, 3.63) is 23.7 Å². The maximum Gasteiger partial charge on any atom is 0.304 e. The summed E-state index contributed by atoms with van der Waals surface area (Å²) in [6.07, 6.45) is 0.961. The average molecular weight is 212 g/mol. The normalized spacial score (nSPS) is 10.5. The van der Waals surface area contributed by atoms with Crippen LogP contribution in [-0.4, -0.2) is 22.2 Å². The van der Waals surface area contributed by atoms with E-state index in [4.69, 9.17) is 14.6 Å². The molecule has 0 aliphatic rings. The lowest BCUT2D eigenvalue weighted by Crippen LogP contribution is -2.11. The van der Waals surface area contributed by atoms with Crippen molar-refractivity contribution in [1.29, 1.82) is 0 Å². The summed E-state index contributed by atoms with van der Waals surface area (Å²) in [7, 11) is 0. The van der Waals surface area contributed by atoms with Crippen molar-refractivity contribution < 1.29 is 24.2 Å². The highest BCUT2D eigenvalue weighted by Gasteiger charge is 2.23. The van der Waals surface area contributed by atoms with Crippen LogP contribution in [0.4, 0.5) is 0 Å². The number of aryl methyl sites for hydroxylation is 1. The van der Waals surface area contributed by atoms with Crippen LogP contribution in [0.25, 0.3) is 0 Å². The Balaban J connectivity index is 2.85. The van der Waals surface area contributed by atoms with Gasteiger partial charge in [0.1, 0.15) is 5.76 Å². The summed E-state index contributed by atoms with van der Waals surface area (Å²) in [5.41, 5.74) is 0.780. The minimum atomic E-state index is -1.03. The fourth-order valence-corrected chi connectivity index (χ4v) is 1.48. The quantitative estimate of drug-likeness (QED) is 0.774. The van der Waals surface area contributed by atoms with Gasteiger partial charge >= 0.3 is 11.9 Å². The van der Waals surface area contributed by atoms with E-state index in [2.05, 4.69) is 0 Å². The number of aliphatic carboxylic acids is 2. The van der Waals surface area contributed by atoms with Gasteiger partial charge in [-0.1, -0.05) is 0 Å². The van der Waals surface area contributed by atoms with Crippen molar-refractivity contribution in [2.24, 2.45) is 0 Å². The van der Waals surface area contributed by atoms with Gasteiger partial charge in [0.05, 0.1) is 19.1 Å². The molecular weight excluding hydrogens is 200 g/mol. The zero-order valence-electron chi connectivity index (χ0n) is 8.27. The zero-order valence-corrected chi connectivity index (χ0v) is 8.27. The summed E-state index contributed by atoms with van der Waals surface area (Å²) in [5, 5.41) is 17.3. The standard InChI is InChI=1S/C10H12O5/c1-6-2-3-15-10(6)7(4-8(11)12)5-9(13)14/h2-3,7H,4-5H2,1H3,(H,11,12)(H,13,14). The van der Waals surface area contributed by atoms with Crippen LogP contribution in [0.2, 0.25) is 0 Å². The van der Waals surface area contributed by atoms with E-state index in [0.29, 0.717) is 5.76 Å². The maximum absolute atomic E-state index is 10.6. The van der Waals surface area contributed by atoms with E-state index < -0.39 is 17.9 Å². The predicted molar refractivity (Wildman–Crippen MR) is 50.7 cm³/mol. The third kappa shape index (κ3) is 3.12. The van der Waals surface area contributed by atoms with Crippen LogP contribution in [0.3, 0.4) is 0 Å². The first kappa shape index (κ1) is 11.3. The monoisotopic (exact) mass is 212 g/mol. The molecule has 0 fully saturated rings. The summed E-state index contributed by atoms with van der Waals surface area (Å²) in [5.74, 6) is -2.22. The second kappa shape index (κ2) is 4.63. The Labute approximate surface area is 86.3 Å². The predicted octanol–water partition coefficient (Wildman–Crippen LogP) is 1.62. The van der Waals surface area contributed by atoms with E-state index in [-0.39, 0.29) is 12.8 Å². The molecule has 0 saturated carbocycles. The first-order valence-electron chi connectivity index (χ1n) is 4.48. The molecule has 82 valence electrons. The van der Waals surface area contributed by atoms with Crippen LogP contribution in [-0.2, 0) is 9.59 Å². The van der Waals surface area contributed by atoms with Gasteiger partial charge in [0.25, 0.3) is 0 Å². The number of furan rings is 1. The molecule has 1 aromatic rings. The number of carboxylic acid groups (broad SMARTS) is 2. The Bertz CT molecular complexity index is 350. The second-order valence-electron chi connectivity index (χ2n) is 3.36. The van der Waals surface area contributed by atoms with Gasteiger partial charge in [0.2, 0.25) is 0 Å². The highest BCUT2D eigenvalue weighted by molar-refractivity contribution is 5.72. The lowest BCUT2D eigenvalue weighted by Gasteiger charge is -2.10. The molecule has 1 aromatic heterocycles. The van der Waals surface area contributed by atoms with E-state index in [1.54, 1.807) is 13.0 Å². The van der Waals surface area contributed by atoms with Crippen LogP contribution in [0.15, 0.2) is 16.7 Å². The van der Waals surface area contributed by atoms with Gasteiger partial charge in [0, 0.05) is 5.92 Å². The number of hydrogen-bond donors (Lipinski definition) is 2. The van der Waals surface area contributed by atoms with Crippen molar-refractivity contribution in [3.63, 3.8) is 0 Å². The average Bonchev–Trinajstić information content (AvgIpc) is 2.48. The Morgan fingerprint density at radius 1 is 1.33 bits per heavy atom. The summed E-state index contributed by atoms with van der Waals surface area (Å²) in [4.78, 5) is 21.1. The van der Waals surface area contributed by atoms with Crippen molar-refractivity contribution in [3.8, 4) is 0 Å². The first-order valence-corrected chi connectivity index (χ1v) is 4.48. The molecule has 2 N–H and O–H groups in total. The smallest absolute Gasteiger partial charge is 0.304 e. The molecular formula is C10H12O5. The van der Waals surface area contributed by atoms with Crippen molar-refractivity contribution >= 4 is 11.9 Å². The second-order valence-corrected chi connectivity index (χ2v) is 3.36. The third-order valence-electron chi connectivity index (χ3n) is 2.11. The molecule has 5 nitrogen and oxygen atoms in total. The molecule has 0 aliphatic carbocycles. The van der Waals surface area contributed by atoms with E-state index in [1.807, 2.05) is 0 Å². The van der Waals surface area contributed by atoms with Gasteiger partial charge < -0.3 is 14.6 Å². The summed E-state index contributed by atoms with van der Waals surface area (Å²) < 4.78 is 5.10. The molecule has 0 atom stereocenters. The lowest BCUT2D eigenvalue weighted by atomic mass is 9.96. The van der Waals surface area contributed by atoms with Crippen LogP contribution >= 0.6 is 0 Å². The molecule has 0 aliphatic heterocycles. The molecule has 0 spiro atoms. The van der Waals surface area contributed by atoms with Crippen LogP contribution < -0.4 is 0 Å². The maximum atomic E-state index is 10.6. The van der Waals surface area contributed by atoms with Gasteiger partial charge in [-0.15, -0.1) is 0 Å². The summed E-state index contributed by atoms with van der Waals surface area (Å²) in [6, 6.07) is 1.69. The highest BCUT2D eigenvalue weighted by Crippen LogP contribution is 2.27. The molecule has 0 saturated heterocycles. The number of rotatable bonds is 5. The molecule has 15 heavy (non-hydrogen) atoms. The number of carbonyl (C=O) groups is 2. The van der Waals surface area contributed by atoms with Crippen LogP contribution in [0.5, 0.6) is 0 Å². The SMILES string of the molecule is Cc1ccoc1C(CC(=O)O)CC(=O)O. The lowest BCUT2D eigenvalue weighted by molar-refractivity contribution is -0.139. The van der Waals surface area contributed by atoms with Gasteiger partial charge in [-0.2, -0.15) is 0 Å². The van der Waals surface area contributed by atoms with E-state index in [9.17, 15) is 9.59 Å². The Morgan fingerprint density at radius 3 is 2.20 bits per heavy atom. The Kier molecular flexibility index (Phi) is 3.49. The van der Waals surface area contributed by atoms with Gasteiger partial charge in [-0.25, -0.2) is 0 Å². The molecule has 0 radical (unpaired) electrons. The van der Waals surface area contributed by atoms with Crippen molar-refractivity contribution in [2.75, 3.05) is 0 Å². The Hall–Kier alpha value is -1.78. The molecule has 0 aromatic carbocycles. The fourth-order valence-electron chi connectivity index (χ4n) is 1.48. The molecule has 0 bridgehead atoms. The van der Waals surface area contributed by atoms with E-state index in [0.717, 1.165) is 5.56 Å².